The van der Waals surface area contributed by atoms with Crippen LogP contribution in [-0.2, 0) is 4.74 Å². The maximum atomic E-state index is 13.7. The monoisotopic (exact) mass is 605 g/mol. The number of hydrogen-bond donors (Lipinski definition) is 2. The van der Waals surface area contributed by atoms with Crippen LogP contribution in [0.5, 0.6) is 5.88 Å². The molecular weight excluding hydrogens is 562 g/mol. The molecule has 0 aliphatic carbocycles. The third kappa shape index (κ3) is 7.71. The summed E-state index contributed by atoms with van der Waals surface area (Å²) in [7, 11) is 3.67. The van der Waals surface area contributed by atoms with Crippen LogP contribution in [0, 0.1) is 0 Å². The van der Waals surface area contributed by atoms with E-state index in [9.17, 15) is 9.59 Å². The molecule has 4 heterocycles. The average molecular weight is 606 g/mol. The number of ether oxygens (including phenoxy) is 2. The predicted octanol–water partition coefficient (Wildman–Crippen LogP) is 2.25. The Kier molecular flexibility index (Phi) is 10.4. The third-order valence-corrected chi connectivity index (χ3v) is 8.09. The summed E-state index contributed by atoms with van der Waals surface area (Å²) in [5.74, 6) is 0.0322. The van der Waals surface area contributed by atoms with Gasteiger partial charge in [-0.2, -0.15) is 0 Å². The highest BCUT2D eigenvalue weighted by Gasteiger charge is 2.22. The van der Waals surface area contributed by atoms with Gasteiger partial charge in [-0.25, -0.2) is 9.67 Å². The fraction of sp³-hybridized carbons (Fsp3) is 0.516. The quantitative estimate of drug-likeness (QED) is 0.314. The number of carbonyl (C=O) groups excluding carboxylic acids is 2. The van der Waals surface area contributed by atoms with Gasteiger partial charge < -0.3 is 29.9 Å². The molecule has 13 heteroatoms. The Balaban J connectivity index is 1.33. The molecule has 0 saturated carbocycles. The van der Waals surface area contributed by atoms with Crippen molar-refractivity contribution in [3.8, 4) is 11.6 Å². The smallest absolute Gasteiger partial charge is 0.273 e. The van der Waals surface area contributed by atoms with Crippen molar-refractivity contribution in [1.29, 1.82) is 0 Å². The molecule has 2 amide bonds. The lowest BCUT2D eigenvalue weighted by Gasteiger charge is -2.35. The summed E-state index contributed by atoms with van der Waals surface area (Å²) in [6, 6.07) is 7.59. The molecule has 44 heavy (non-hydrogen) atoms. The van der Waals surface area contributed by atoms with Crippen molar-refractivity contribution < 1.29 is 19.1 Å². The van der Waals surface area contributed by atoms with Crippen LogP contribution in [0.25, 0.3) is 5.69 Å². The highest BCUT2D eigenvalue weighted by atomic mass is 16.5. The molecule has 2 aromatic heterocycles. The van der Waals surface area contributed by atoms with Gasteiger partial charge in [0.2, 0.25) is 5.88 Å². The Morgan fingerprint density at radius 1 is 1.05 bits per heavy atom. The van der Waals surface area contributed by atoms with Gasteiger partial charge in [0.05, 0.1) is 49.1 Å². The molecule has 2 fully saturated rings. The van der Waals surface area contributed by atoms with Crippen LogP contribution in [0.15, 0.2) is 36.7 Å². The summed E-state index contributed by atoms with van der Waals surface area (Å²) in [5, 5.41) is 14.4. The van der Waals surface area contributed by atoms with Crippen LogP contribution < -0.4 is 20.3 Å². The maximum Gasteiger partial charge on any atom is 0.273 e. The number of amides is 2. The number of hydrogen-bond acceptors (Lipinski definition) is 10. The number of likely N-dealkylation sites (N-methyl/N-ethyl adjacent to an activating group) is 1. The molecule has 236 valence electrons. The van der Waals surface area contributed by atoms with E-state index in [-0.39, 0.29) is 23.4 Å². The number of rotatable bonds is 11. The second kappa shape index (κ2) is 14.6. The van der Waals surface area contributed by atoms with E-state index in [0.717, 1.165) is 76.7 Å². The summed E-state index contributed by atoms with van der Waals surface area (Å²) in [6.45, 7) is 12.4. The van der Waals surface area contributed by atoms with Crippen molar-refractivity contribution in [1.82, 2.24) is 35.1 Å². The molecule has 5 rings (SSSR count). The van der Waals surface area contributed by atoms with E-state index < -0.39 is 0 Å². The summed E-state index contributed by atoms with van der Waals surface area (Å²) < 4.78 is 12.2. The molecule has 0 radical (unpaired) electrons. The third-order valence-electron chi connectivity index (χ3n) is 8.09. The number of morpholine rings is 1. The Morgan fingerprint density at radius 2 is 1.82 bits per heavy atom. The second-order valence-corrected chi connectivity index (χ2v) is 11.5. The van der Waals surface area contributed by atoms with Gasteiger partial charge in [0.15, 0.2) is 5.69 Å². The van der Waals surface area contributed by atoms with Gasteiger partial charge in [-0.3, -0.25) is 14.5 Å². The number of methoxy groups -OCH3 is 1. The van der Waals surface area contributed by atoms with E-state index in [4.69, 9.17) is 9.47 Å². The lowest BCUT2D eigenvalue weighted by atomic mass is 9.98. The van der Waals surface area contributed by atoms with Gasteiger partial charge in [-0.15, -0.1) is 5.10 Å². The predicted molar refractivity (Wildman–Crippen MR) is 168 cm³/mol. The van der Waals surface area contributed by atoms with Crippen molar-refractivity contribution in [2.24, 2.45) is 0 Å². The topological polar surface area (TPSA) is 130 Å². The van der Waals surface area contributed by atoms with Crippen LogP contribution in [-0.4, -0.2) is 121 Å². The Morgan fingerprint density at radius 3 is 2.55 bits per heavy atom. The van der Waals surface area contributed by atoms with E-state index in [0.29, 0.717) is 29.4 Å². The number of nitrogens with zero attached hydrogens (tertiary/aromatic N) is 7. The van der Waals surface area contributed by atoms with E-state index in [1.54, 1.807) is 24.2 Å². The summed E-state index contributed by atoms with van der Waals surface area (Å²) >= 11 is 0. The van der Waals surface area contributed by atoms with Crippen molar-refractivity contribution in [2.75, 3.05) is 89.9 Å². The molecule has 2 aliphatic heterocycles. The number of piperazine rings is 1. The summed E-state index contributed by atoms with van der Waals surface area (Å²) in [4.78, 5) is 37.6. The first-order chi connectivity index (χ1) is 21.3. The SMILES string of the molecule is COc1cc(C(C)C)c(C(=O)Nc2cc(-n3cc(C(=O)NCCCN4CCOCC4)nn3)ccc2N2CCN(C)CC2)cn1. The van der Waals surface area contributed by atoms with Gasteiger partial charge in [0.25, 0.3) is 11.8 Å². The number of anilines is 2. The minimum absolute atomic E-state index is 0.0928. The zero-order valence-corrected chi connectivity index (χ0v) is 26.1. The first-order valence-electron chi connectivity index (χ1n) is 15.3. The van der Waals surface area contributed by atoms with Gasteiger partial charge >= 0.3 is 0 Å². The molecule has 0 spiro atoms. The Labute approximate surface area is 258 Å². The van der Waals surface area contributed by atoms with Crippen molar-refractivity contribution in [2.45, 2.75) is 26.2 Å². The lowest BCUT2D eigenvalue weighted by Crippen LogP contribution is -2.44. The Bertz CT molecular complexity index is 1430. The molecule has 2 N–H and O–H groups in total. The molecule has 0 atom stereocenters. The molecule has 3 aromatic rings. The van der Waals surface area contributed by atoms with Crippen molar-refractivity contribution in [3.63, 3.8) is 0 Å². The Hall–Kier alpha value is -4.07. The van der Waals surface area contributed by atoms with E-state index in [1.807, 2.05) is 38.1 Å². The van der Waals surface area contributed by atoms with Gasteiger partial charge in [-0.05, 0) is 49.7 Å². The minimum Gasteiger partial charge on any atom is -0.481 e. The molecule has 13 nitrogen and oxygen atoms in total. The van der Waals surface area contributed by atoms with Crippen LogP contribution in [0.4, 0.5) is 11.4 Å². The average Bonchev–Trinajstić information content (AvgIpc) is 3.54. The first kappa shape index (κ1) is 31.4. The van der Waals surface area contributed by atoms with Crippen LogP contribution in [0.1, 0.15) is 52.6 Å². The van der Waals surface area contributed by atoms with Gasteiger partial charge in [0.1, 0.15) is 0 Å². The number of carbonyl (C=O) groups is 2. The van der Waals surface area contributed by atoms with E-state index >= 15 is 0 Å². The zero-order chi connectivity index (χ0) is 31.1. The molecule has 2 aliphatic rings. The summed E-state index contributed by atoms with van der Waals surface area (Å²) in [5.41, 5.74) is 3.81. The minimum atomic E-state index is -0.269. The highest BCUT2D eigenvalue weighted by Crippen LogP contribution is 2.31. The largest absolute Gasteiger partial charge is 0.481 e. The van der Waals surface area contributed by atoms with Crippen LogP contribution in [0.2, 0.25) is 0 Å². The normalized spacial score (nSPS) is 16.2. The summed E-state index contributed by atoms with van der Waals surface area (Å²) in [6.07, 6.45) is 4.02. The fourth-order valence-electron chi connectivity index (χ4n) is 5.42. The van der Waals surface area contributed by atoms with Crippen molar-refractivity contribution in [3.05, 3.63) is 53.5 Å². The zero-order valence-electron chi connectivity index (χ0n) is 26.1. The molecule has 0 bridgehead atoms. The molecular formula is C31H43N9O4. The number of aromatic nitrogens is 4. The van der Waals surface area contributed by atoms with Gasteiger partial charge in [0, 0.05) is 58.1 Å². The number of benzene rings is 1. The molecule has 1 aromatic carbocycles. The first-order valence-corrected chi connectivity index (χ1v) is 15.3. The van der Waals surface area contributed by atoms with Crippen LogP contribution >= 0.6 is 0 Å². The second-order valence-electron chi connectivity index (χ2n) is 11.5. The highest BCUT2D eigenvalue weighted by molar-refractivity contribution is 6.07. The standard InChI is InChI=1S/C31H43N9O4/c1-22(2)24-19-29(43-4)33-20-25(24)30(41)34-26-18-23(6-7-28(26)39-12-10-37(3)11-13-39)40-21-27(35-36-40)31(42)32-8-5-9-38-14-16-44-17-15-38/h6-7,18-22H,5,8-17H2,1-4H3,(H,32,42)(H,34,41). The lowest BCUT2D eigenvalue weighted by molar-refractivity contribution is 0.0374. The van der Waals surface area contributed by atoms with Crippen molar-refractivity contribution >= 4 is 23.2 Å². The molecule has 2 saturated heterocycles. The fourth-order valence-corrected chi connectivity index (χ4v) is 5.42. The van der Waals surface area contributed by atoms with Crippen LogP contribution in [0.3, 0.4) is 0 Å². The van der Waals surface area contributed by atoms with E-state index in [2.05, 4.69) is 47.7 Å². The van der Waals surface area contributed by atoms with Gasteiger partial charge in [-0.1, -0.05) is 19.1 Å². The molecule has 0 unspecified atom stereocenters. The number of nitrogens with one attached hydrogen (secondary N) is 2. The van der Waals surface area contributed by atoms with E-state index in [1.165, 1.54) is 0 Å². The maximum absolute atomic E-state index is 13.7. The number of pyridine rings is 1.